The predicted molar refractivity (Wildman–Crippen MR) is 126 cm³/mol. The van der Waals surface area contributed by atoms with E-state index in [9.17, 15) is 8.42 Å². The van der Waals surface area contributed by atoms with Crippen LogP contribution in [0, 0.1) is 0 Å². The third-order valence-electron chi connectivity index (χ3n) is 5.12. The van der Waals surface area contributed by atoms with Gasteiger partial charge in [-0.1, -0.05) is 18.2 Å². The Kier molecular flexibility index (Phi) is 4.84. The first-order valence-electron chi connectivity index (χ1n) is 9.86. The maximum Gasteiger partial charge on any atom is 0.261 e. The fourth-order valence-corrected chi connectivity index (χ4v) is 4.68. The van der Waals surface area contributed by atoms with Crippen LogP contribution in [0.1, 0.15) is 0 Å². The number of rotatable bonds is 5. The Bertz CT molecular complexity index is 1510. The highest BCUT2D eigenvalue weighted by molar-refractivity contribution is 7.92. The lowest BCUT2D eigenvalue weighted by molar-refractivity contribution is 0.601. The summed E-state index contributed by atoms with van der Waals surface area (Å²) in [5.41, 5.74) is 11.3. The van der Waals surface area contributed by atoms with E-state index in [-0.39, 0.29) is 4.90 Å². The van der Waals surface area contributed by atoms with Crippen molar-refractivity contribution in [1.29, 1.82) is 0 Å². The highest BCUT2D eigenvalue weighted by Crippen LogP contribution is 2.32. The molecule has 0 spiro atoms. The van der Waals surface area contributed by atoms with Crippen LogP contribution < -0.4 is 10.5 Å². The van der Waals surface area contributed by atoms with E-state index in [1.165, 1.54) is 0 Å². The van der Waals surface area contributed by atoms with E-state index in [1.807, 2.05) is 24.4 Å². The molecule has 0 saturated carbocycles. The van der Waals surface area contributed by atoms with Crippen LogP contribution >= 0.6 is 0 Å². The van der Waals surface area contributed by atoms with Crippen LogP contribution in [0.15, 0.2) is 96.4 Å². The Labute approximate surface area is 185 Å². The van der Waals surface area contributed by atoms with Gasteiger partial charge in [-0.05, 0) is 59.7 Å². The monoisotopic (exact) mass is 441 g/mol. The average Bonchev–Trinajstić information content (AvgIpc) is 3.23. The fourth-order valence-electron chi connectivity index (χ4n) is 3.62. The second-order valence-corrected chi connectivity index (χ2v) is 9.00. The molecule has 0 aliphatic rings. The molecule has 158 valence electrons. The summed E-state index contributed by atoms with van der Waals surface area (Å²) in [4.78, 5) is 12.0. The predicted octanol–water partition coefficient (Wildman–Crippen LogP) is 4.67. The molecule has 0 fully saturated rings. The topological polar surface area (TPSA) is 114 Å². The standard InChI is InChI=1S/C24H19N5O2S/c25-19-10-17(11-20(13-19)29-32(30,31)21-4-2-1-3-5-21)18-12-22-23(15-28-24(22)27-14-18)16-6-8-26-9-7-16/h1-15,29H,25H2,(H,27,28). The number of nitrogens with one attached hydrogen (secondary N) is 2. The summed E-state index contributed by atoms with van der Waals surface area (Å²) in [6.45, 7) is 0. The summed E-state index contributed by atoms with van der Waals surface area (Å²) in [7, 11) is -3.73. The lowest BCUT2D eigenvalue weighted by Gasteiger charge is -2.11. The van der Waals surface area contributed by atoms with Crippen molar-refractivity contribution in [2.24, 2.45) is 0 Å². The summed E-state index contributed by atoms with van der Waals surface area (Å²) >= 11 is 0. The minimum Gasteiger partial charge on any atom is -0.399 e. The quantitative estimate of drug-likeness (QED) is 0.343. The SMILES string of the molecule is Nc1cc(NS(=O)(=O)c2ccccc2)cc(-c2cnc3[nH]cc(-c4ccncc4)c3c2)c1. The van der Waals surface area contributed by atoms with Crippen molar-refractivity contribution in [2.75, 3.05) is 10.5 Å². The summed E-state index contributed by atoms with van der Waals surface area (Å²) < 4.78 is 28.1. The van der Waals surface area contributed by atoms with Gasteiger partial charge in [-0.15, -0.1) is 0 Å². The fraction of sp³-hybridized carbons (Fsp3) is 0. The molecule has 2 aromatic carbocycles. The van der Waals surface area contributed by atoms with Gasteiger partial charge in [0.15, 0.2) is 0 Å². The van der Waals surface area contributed by atoms with Crippen molar-refractivity contribution < 1.29 is 8.42 Å². The number of nitrogen functional groups attached to an aromatic ring is 1. The van der Waals surface area contributed by atoms with Crippen molar-refractivity contribution in [3.05, 3.63) is 91.5 Å². The zero-order chi connectivity index (χ0) is 22.1. The minimum atomic E-state index is -3.73. The minimum absolute atomic E-state index is 0.182. The molecular formula is C24H19N5O2S. The molecule has 0 aliphatic heterocycles. The number of fused-ring (bicyclic) bond motifs is 1. The molecule has 3 heterocycles. The number of benzene rings is 2. The van der Waals surface area contributed by atoms with Gasteiger partial charge < -0.3 is 10.7 Å². The molecule has 0 amide bonds. The van der Waals surface area contributed by atoms with E-state index in [2.05, 4.69) is 19.7 Å². The Hall–Kier alpha value is -4.17. The Morgan fingerprint density at radius 1 is 0.875 bits per heavy atom. The first-order chi connectivity index (χ1) is 15.5. The Balaban J connectivity index is 1.55. The van der Waals surface area contributed by atoms with Gasteiger partial charge in [0.25, 0.3) is 10.0 Å². The Morgan fingerprint density at radius 2 is 1.66 bits per heavy atom. The smallest absolute Gasteiger partial charge is 0.261 e. The summed E-state index contributed by atoms with van der Waals surface area (Å²) in [5, 5.41) is 0.947. The number of nitrogens with zero attached hydrogens (tertiary/aromatic N) is 2. The van der Waals surface area contributed by atoms with Gasteiger partial charge in [0.1, 0.15) is 5.65 Å². The molecule has 32 heavy (non-hydrogen) atoms. The van der Waals surface area contributed by atoms with Gasteiger partial charge in [0.05, 0.1) is 10.6 Å². The van der Waals surface area contributed by atoms with Crippen LogP contribution in [0.3, 0.4) is 0 Å². The number of sulfonamides is 1. The second kappa shape index (κ2) is 7.82. The molecule has 0 radical (unpaired) electrons. The van der Waals surface area contributed by atoms with Gasteiger partial charge in [-0.2, -0.15) is 0 Å². The van der Waals surface area contributed by atoms with Crippen molar-refractivity contribution in [2.45, 2.75) is 4.90 Å². The zero-order valence-electron chi connectivity index (χ0n) is 16.9. The third-order valence-corrected chi connectivity index (χ3v) is 6.51. The van der Waals surface area contributed by atoms with Crippen molar-refractivity contribution >= 4 is 32.4 Å². The first kappa shape index (κ1) is 19.8. The number of anilines is 2. The number of hydrogen-bond acceptors (Lipinski definition) is 5. The number of pyridine rings is 2. The van der Waals surface area contributed by atoms with E-state index >= 15 is 0 Å². The highest BCUT2D eigenvalue weighted by Gasteiger charge is 2.15. The first-order valence-corrected chi connectivity index (χ1v) is 11.3. The molecule has 5 aromatic rings. The molecule has 3 aromatic heterocycles. The molecule has 0 atom stereocenters. The van der Waals surface area contributed by atoms with Crippen molar-refractivity contribution in [3.8, 4) is 22.3 Å². The van der Waals surface area contributed by atoms with E-state index in [0.29, 0.717) is 11.4 Å². The van der Waals surface area contributed by atoms with Crippen LogP contribution in [0.4, 0.5) is 11.4 Å². The largest absolute Gasteiger partial charge is 0.399 e. The van der Waals surface area contributed by atoms with Crippen LogP contribution in [-0.4, -0.2) is 23.4 Å². The Morgan fingerprint density at radius 3 is 2.44 bits per heavy atom. The van der Waals surface area contributed by atoms with E-state index in [0.717, 1.165) is 33.3 Å². The second-order valence-electron chi connectivity index (χ2n) is 7.32. The van der Waals surface area contributed by atoms with Gasteiger partial charge in [0, 0.05) is 47.0 Å². The van der Waals surface area contributed by atoms with Crippen molar-refractivity contribution in [1.82, 2.24) is 15.0 Å². The number of H-pyrrole nitrogens is 1. The molecule has 0 bridgehead atoms. The number of nitrogens with two attached hydrogens (primary N) is 1. The maximum atomic E-state index is 12.7. The normalized spacial score (nSPS) is 11.5. The van der Waals surface area contributed by atoms with Crippen LogP contribution in [0.5, 0.6) is 0 Å². The van der Waals surface area contributed by atoms with Crippen LogP contribution in [-0.2, 0) is 10.0 Å². The molecule has 5 rings (SSSR count). The number of aromatic nitrogens is 3. The molecule has 0 unspecified atom stereocenters. The summed E-state index contributed by atoms with van der Waals surface area (Å²) in [6.07, 6.45) is 7.14. The van der Waals surface area contributed by atoms with E-state index < -0.39 is 10.0 Å². The molecule has 7 nitrogen and oxygen atoms in total. The molecule has 0 saturated heterocycles. The molecule has 8 heteroatoms. The van der Waals surface area contributed by atoms with Gasteiger partial charge in [0.2, 0.25) is 0 Å². The maximum absolute atomic E-state index is 12.7. The lowest BCUT2D eigenvalue weighted by atomic mass is 10.0. The van der Waals surface area contributed by atoms with E-state index in [4.69, 9.17) is 5.73 Å². The zero-order valence-corrected chi connectivity index (χ0v) is 17.7. The van der Waals surface area contributed by atoms with Gasteiger partial charge in [-0.25, -0.2) is 13.4 Å². The third kappa shape index (κ3) is 3.79. The molecular weight excluding hydrogens is 422 g/mol. The highest BCUT2D eigenvalue weighted by atomic mass is 32.2. The van der Waals surface area contributed by atoms with E-state index in [1.54, 1.807) is 67.1 Å². The summed E-state index contributed by atoms with van der Waals surface area (Å²) in [5.74, 6) is 0. The van der Waals surface area contributed by atoms with Crippen LogP contribution in [0.2, 0.25) is 0 Å². The summed E-state index contributed by atoms with van der Waals surface area (Å²) in [6, 6.07) is 19.2. The van der Waals surface area contributed by atoms with Crippen molar-refractivity contribution in [3.63, 3.8) is 0 Å². The van der Waals surface area contributed by atoms with Gasteiger partial charge in [-0.3, -0.25) is 9.71 Å². The number of aromatic amines is 1. The lowest BCUT2D eigenvalue weighted by Crippen LogP contribution is -2.13. The van der Waals surface area contributed by atoms with Gasteiger partial charge >= 0.3 is 0 Å². The van der Waals surface area contributed by atoms with Crippen LogP contribution in [0.25, 0.3) is 33.3 Å². The molecule has 0 aliphatic carbocycles. The average molecular weight is 442 g/mol. The molecule has 4 N–H and O–H groups in total. The number of hydrogen-bond donors (Lipinski definition) is 3.